The Morgan fingerprint density at radius 3 is 1.22 bits per heavy atom. The van der Waals surface area contributed by atoms with Crippen molar-refractivity contribution in [3.8, 4) is 5.75 Å². The third-order valence-corrected chi connectivity index (χ3v) is 9.64. The maximum atomic E-state index is 5.52. The molecule has 0 bridgehead atoms. The van der Waals surface area contributed by atoms with Gasteiger partial charge in [-0.05, 0) is 204 Å². The van der Waals surface area contributed by atoms with Crippen LogP contribution in [0.1, 0.15) is 178 Å². The highest BCUT2D eigenvalue weighted by atomic mass is 16.5. The van der Waals surface area contributed by atoms with Gasteiger partial charge >= 0.3 is 0 Å². The van der Waals surface area contributed by atoms with Gasteiger partial charge in [0.05, 0.1) is 94.1 Å². The molecule has 1 aromatic rings. The maximum Gasteiger partial charge on any atom is 0.119 e. The Hall–Kier alpha value is -1.46. The second kappa shape index (κ2) is 59.2. The lowest BCUT2D eigenvalue weighted by Gasteiger charge is -2.32. The third kappa shape index (κ3) is 79.4. The van der Waals surface area contributed by atoms with E-state index in [-0.39, 0.29) is 6.10 Å². The molecule has 0 amide bonds. The monoisotopic (exact) mass is 1060 g/mol. The number of piperidine rings is 1. The number of piperazine rings is 1. The van der Waals surface area contributed by atoms with Gasteiger partial charge in [0.1, 0.15) is 5.75 Å². The number of hydrogen-bond acceptors (Lipinski definition) is 13. The van der Waals surface area contributed by atoms with E-state index >= 15 is 0 Å². The predicted molar refractivity (Wildman–Crippen MR) is 320 cm³/mol. The normalized spacial score (nSPS) is 14.8. The SMILES string of the molecule is CC.CC(C)OC(C)C.CC(C)OC1CC1.CC(C)OCCN(C)C.CC(C)OCCN1CCCCC1.CC(C)OCCN1CCN(C)CC1.CC(C)Oc1ccccc1.CCOC(C)C.COCCOC(C)C. The van der Waals surface area contributed by atoms with Crippen molar-refractivity contribution in [1.82, 2.24) is 19.6 Å². The Bertz CT molecular complexity index is 1130. The van der Waals surface area contributed by atoms with Crippen molar-refractivity contribution in [1.29, 1.82) is 0 Å². The zero-order valence-corrected chi connectivity index (χ0v) is 53.8. The first-order chi connectivity index (χ1) is 34.8. The number of methoxy groups -OCH3 is 1. The van der Waals surface area contributed by atoms with E-state index in [2.05, 4.69) is 82.0 Å². The molecule has 0 spiro atoms. The van der Waals surface area contributed by atoms with Gasteiger partial charge in [0.2, 0.25) is 0 Å². The highest BCUT2D eigenvalue weighted by Crippen LogP contribution is 2.24. The van der Waals surface area contributed by atoms with E-state index in [9.17, 15) is 0 Å². The number of ether oxygens (including phenoxy) is 9. The molecule has 13 heteroatoms. The molecular formula is C61H130N4O9. The van der Waals surface area contributed by atoms with E-state index in [4.69, 9.17) is 42.6 Å². The van der Waals surface area contributed by atoms with Crippen LogP contribution < -0.4 is 4.74 Å². The van der Waals surface area contributed by atoms with Crippen molar-refractivity contribution in [2.75, 3.05) is 127 Å². The number of benzene rings is 1. The first-order valence-corrected chi connectivity index (χ1v) is 29.2. The summed E-state index contributed by atoms with van der Waals surface area (Å²) in [6.45, 7) is 58.3. The van der Waals surface area contributed by atoms with Crippen LogP contribution in [0.2, 0.25) is 0 Å². The molecule has 13 nitrogen and oxygen atoms in total. The van der Waals surface area contributed by atoms with Gasteiger partial charge in [0.15, 0.2) is 0 Å². The van der Waals surface area contributed by atoms with Crippen molar-refractivity contribution in [3.05, 3.63) is 30.3 Å². The maximum absolute atomic E-state index is 5.52. The molecule has 1 saturated carbocycles. The van der Waals surface area contributed by atoms with Gasteiger partial charge in [0, 0.05) is 59.5 Å². The molecular weight excluding hydrogens is 933 g/mol. The molecule has 1 aromatic carbocycles. The summed E-state index contributed by atoms with van der Waals surface area (Å²) in [5.74, 6) is 0.942. The van der Waals surface area contributed by atoms with E-state index in [1.54, 1.807) is 7.11 Å². The minimum Gasteiger partial charge on any atom is -0.491 e. The van der Waals surface area contributed by atoms with Crippen LogP contribution in [0, 0.1) is 0 Å². The summed E-state index contributed by atoms with van der Waals surface area (Å²) in [6.07, 6.45) is 10.7. The first-order valence-electron chi connectivity index (χ1n) is 29.2. The van der Waals surface area contributed by atoms with Crippen LogP contribution in [-0.4, -0.2) is 207 Å². The Labute approximate surface area is 462 Å². The quantitative estimate of drug-likeness (QED) is 0.0920. The zero-order chi connectivity index (χ0) is 57.7. The molecule has 4 rings (SSSR count). The summed E-state index contributed by atoms with van der Waals surface area (Å²) in [5.41, 5.74) is 0. The van der Waals surface area contributed by atoms with Crippen LogP contribution in [0.5, 0.6) is 5.75 Å². The number of nitrogens with zero attached hydrogens (tertiary/aromatic N) is 4. The van der Waals surface area contributed by atoms with Crippen LogP contribution in [0.4, 0.5) is 0 Å². The van der Waals surface area contributed by atoms with Crippen LogP contribution in [0.15, 0.2) is 30.3 Å². The van der Waals surface area contributed by atoms with E-state index in [1.807, 2.05) is 134 Å². The Morgan fingerprint density at radius 2 is 0.905 bits per heavy atom. The van der Waals surface area contributed by atoms with E-state index in [1.165, 1.54) is 71.4 Å². The van der Waals surface area contributed by atoms with Gasteiger partial charge in [0.25, 0.3) is 0 Å². The van der Waals surface area contributed by atoms with Crippen LogP contribution in [0.3, 0.4) is 0 Å². The molecule has 448 valence electrons. The van der Waals surface area contributed by atoms with Crippen LogP contribution in [0.25, 0.3) is 0 Å². The molecule has 3 fully saturated rings. The van der Waals surface area contributed by atoms with Crippen LogP contribution in [-0.2, 0) is 37.9 Å². The minimum atomic E-state index is 0.266. The largest absolute Gasteiger partial charge is 0.491 e. The van der Waals surface area contributed by atoms with Crippen LogP contribution >= 0.6 is 0 Å². The zero-order valence-electron chi connectivity index (χ0n) is 53.8. The average Bonchev–Trinajstić information content (AvgIpc) is 4.12. The summed E-state index contributed by atoms with van der Waals surface area (Å²) >= 11 is 0. The Morgan fingerprint density at radius 1 is 0.486 bits per heavy atom. The molecule has 0 radical (unpaired) electrons. The topological polar surface area (TPSA) is 96.0 Å². The highest BCUT2D eigenvalue weighted by Gasteiger charge is 2.22. The van der Waals surface area contributed by atoms with Gasteiger partial charge < -0.3 is 57.3 Å². The standard InChI is InChI=1S/C10H22N2O.C10H21NO.C9H12O.C7H17NO.C6H14O2.C6H12O.C6H14O.C5H12O.C2H6/c1-10(2)13-9-8-12-6-4-11(3)5-7-12;1-10(2)12-9-8-11-6-4-3-5-7-11;1-8(2)10-9-6-4-3-5-7-9;1-7(2)9-6-5-8(3)4;1-6(2)8-5-4-7-3;1-5(2)7-6-3-4-6;1-5(2)7-6(3)4;1-4-6-5(2)3;1-2/h10H,4-9H2,1-3H3;10H,3-9H2,1-2H3;3-8H,1-2H3;7H,5-6H2,1-4H3;6H,4-5H2,1-3H3;5-6H,3-4H2,1-2H3;5-6H,1-4H3;5H,4H2,1-3H3;1-2H3. The molecule has 0 N–H and O–H groups in total. The summed E-state index contributed by atoms with van der Waals surface area (Å²) in [6, 6.07) is 9.84. The van der Waals surface area contributed by atoms with Gasteiger partial charge in [-0.3, -0.25) is 4.90 Å². The second-order valence-corrected chi connectivity index (χ2v) is 21.1. The lowest BCUT2D eigenvalue weighted by Crippen LogP contribution is -2.45. The van der Waals surface area contributed by atoms with Crippen molar-refractivity contribution >= 4 is 0 Å². The fraction of sp³-hybridized carbons (Fsp3) is 0.902. The fourth-order valence-corrected chi connectivity index (χ4v) is 6.17. The summed E-state index contributed by atoms with van der Waals surface area (Å²) in [7, 11) is 7.94. The van der Waals surface area contributed by atoms with Crippen molar-refractivity contribution < 1.29 is 42.6 Å². The number of likely N-dealkylation sites (N-methyl/N-ethyl adjacent to an activating group) is 2. The number of para-hydroxylation sites is 1. The third-order valence-electron chi connectivity index (χ3n) is 9.64. The molecule has 0 atom stereocenters. The lowest BCUT2D eigenvalue weighted by atomic mass is 10.1. The molecule has 0 aromatic heterocycles. The summed E-state index contributed by atoms with van der Waals surface area (Å²) in [4.78, 5) is 9.47. The molecule has 0 unspecified atom stereocenters. The van der Waals surface area contributed by atoms with E-state index in [0.717, 1.165) is 51.8 Å². The second-order valence-electron chi connectivity index (χ2n) is 21.1. The molecule has 2 saturated heterocycles. The number of likely N-dealkylation sites (tertiary alicyclic amines) is 1. The molecule has 74 heavy (non-hydrogen) atoms. The minimum absolute atomic E-state index is 0.266. The summed E-state index contributed by atoms with van der Waals surface area (Å²) < 4.78 is 47.3. The lowest BCUT2D eigenvalue weighted by molar-refractivity contribution is 0.0300. The Kier molecular flexibility index (Phi) is 65.1. The van der Waals surface area contributed by atoms with E-state index in [0.29, 0.717) is 68.1 Å². The number of rotatable bonds is 24. The average molecular weight is 1060 g/mol. The number of hydrogen-bond donors (Lipinski definition) is 0. The van der Waals surface area contributed by atoms with Gasteiger partial charge in [-0.25, -0.2) is 0 Å². The highest BCUT2D eigenvalue weighted by molar-refractivity contribution is 5.21. The smallest absolute Gasteiger partial charge is 0.119 e. The molecule has 1 aliphatic carbocycles. The molecule has 3 aliphatic rings. The van der Waals surface area contributed by atoms with Gasteiger partial charge in [-0.2, -0.15) is 0 Å². The Balaban J connectivity index is -0.000000247. The predicted octanol–water partition coefficient (Wildman–Crippen LogP) is 12.9. The van der Waals surface area contributed by atoms with Crippen molar-refractivity contribution in [2.24, 2.45) is 0 Å². The van der Waals surface area contributed by atoms with E-state index < -0.39 is 0 Å². The van der Waals surface area contributed by atoms with Gasteiger partial charge in [-0.15, -0.1) is 0 Å². The first kappa shape index (κ1) is 81.4. The summed E-state index contributed by atoms with van der Waals surface area (Å²) in [5, 5.41) is 0. The van der Waals surface area contributed by atoms with Crippen molar-refractivity contribution in [2.45, 2.75) is 239 Å². The van der Waals surface area contributed by atoms with Crippen molar-refractivity contribution in [3.63, 3.8) is 0 Å². The molecule has 2 aliphatic heterocycles. The fourth-order valence-electron chi connectivity index (χ4n) is 6.17. The molecule has 2 heterocycles. The van der Waals surface area contributed by atoms with Gasteiger partial charge in [-0.1, -0.05) is 38.5 Å².